The molecule has 2 aromatic rings. The fraction of sp³-hybridized carbons (Fsp3) is 0.0625. The standard InChI is InChI=1S/C16H10F2N2O3/c17-12-5-11(6-13(18)7-12)16(22)23-9-15(21)20-14-4-2-1-3-10(14)8-19/h1-7H,9H2,(H,20,21). The van der Waals surface area contributed by atoms with Crippen molar-refractivity contribution in [2.45, 2.75) is 0 Å². The van der Waals surface area contributed by atoms with E-state index >= 15 is 0 Å². The maximum atomic E-state index is 13.0. The van der Waals surface area contributed by atoms with Gasteiger partial charge in [0.15, 0.2) is 6.61 Å². The van der Waals surface area contributed by atoms with Gasteiger partial charge in [0, 0.05) is 6.07 Å². The molecule has 0 heterocycles. The molecule has 23 heavy (non-hydrogen) atoms. The highest BCUT2D eigenvalue weighted by atomic mass is 19.1. The van der Waals surface area contributed by atoms with E-state index in [2.05, 4.69) is 10.1 Å². The Balaban J connectivity index is 1.96. The molecule has 0 saturated heterocycles. The van der Waals surface area contributed by atoms with E-state index in [-0.39, 0.29) is 16.8 Å². The van der Waals surface area contributed by atoms with Gasteiger partial charge in [-0.1, -0.05) is 12.1 Å². The molecule has 0 atom stereocenters. The van der Waals surface area contributed by atoms with Gasteiger partial charge < -0.3 is 10.1 Å². The number of nitrogens with one attached hydrogen (secondary N) is 1. The largest absolute Gasteiger partial charge is 0.452 e. The topological polar surface area (TPSA) is 79.2 Å². The molecular weight excluding hydrogens is 306 g/mol. The van der Waals surface area contributed by atoms with E-state index in [0.29, 0.717) is 6.07 Å². The summed E-state index contributed by atoms with van der Waals surface area (Å²) in [4.78, 5) is 23.3. The third-order valence-corrected chi connectivity index (χ3v) is 2.75. The lowest BCUT2D eigenvalue weighted by molar-refractivity contribution is -0.119. The van der Waals surface area contributed by atoms with Gasteiger partial charge in [-0.05, 0) is 24.3 Å². The van der Waals surface area contributed by atoms with Crippen LogP contribution in [-0.4, -0.2) is 18.5 Å². The van der Waals surface area contributed by atoms with Gasteiger partial charge in [0.05, 0.1) is 16.8 Å². The number of amides is 1. The van der Waals surface area contributed by atoms with Gasteiger partial charge in [0.1, 0.15) is 17.7 Å². The zero-order valence-corrected chi connectivity index (χ0v) is 11.7. The van der Waals surface area contributed by atoms with Gasteiger partial charge in [0.2, 0.25) is 0 Å². The molecule has 2 aromatic carbocycles. The van der Waals surface area contributed by atoms with E-state index in [1.54, 1.807) is 12.1 Å². The first-order valence-electron chi connectivity index (χ1n) is 6.42. The quantitative estimate of drug-likeness (QED) is 0.879. The summed E-state index contributed by atoms with van der Waals surface area (Å²) in [7, 11) is 0. The second-order valence-corrected chi connectivity index (χ2v) is 4.44. The number of esters is 1. The Bertz CT molecular complexity index is 780. The Morgan fingerprint density at radius 3 is 2.43 bits per heavy atom. The molecule has 0 aromatic heterocycles. The Morgan fingerprint density at radius 2 is 1.78 bits per heavy atom. The summed E-state index contributed by atoms with van der Waals surface area (Å²) in [6, 6.07) is 10.4. The zero-order chi connectivity index (χ0) is 16.8. The molecule has 116 valence electrons. The molecule has 0 saturated carbocycles. The monoisotopic (exact) mass is 316 g/mol. The number of halogens is 2. The first-order chi connectivity index (χ1) is 11.0. The molecule has 5 nitrogen and oxygen atoms in total. The molecule has 0 bridgehead atoms. The van der Waals surface area contributed by atoms with Gasteiger partial charge in [-0.2, -0.15) is 5.26 Å². The van der Waals surface area contributed by atoms with Crippen molar-refractivity contribution in [3.05, 3.63) is 65.2 Å². The predicted molar refractivity (Wildman–Crippen MR) is 76.4 cm³/mol. The van der Waals surface area contributed by atoms with E-state index in [1.807, 2.05) is 6.07 Å². The van der Waals surface area contributed by atoms with Crippen LogP contribution in [0, 0.1) is 23.0 Å². The van der Waals surface area contributed by atoms with Crippen molar-refractivity contribution in [3.63, 3.8) is 0 Å². The first kappa shape index (κ1) is 16.1. The average Bonchev–Trinajstić information content (AvgIpc) is 2.52. The number of ether oxygens (including phenoxy) is 1. The molecule has 0 fully saturated rings. The number of para-hydroxylation sites is 1. The summed E-state index contributed by atoms with van der Waals surface area (Å²) in [5.74, 6) is -3.57. The molecule has 0 spiro atoms. The highest BCUT2D eigenvalue weighted by molar-refractivity contribution is 5.96. The second-order valence-electron chi connectivity index (χ2n) is 4.44. The number of anilines is 1. The Hall–Kier alpha value is -3.27. The van der Waals surface area contributed by atoms with Gasteiger partial charge in [-0.3, -0.25) is 4.79 Å². The van der Waals surface area contributed by atoms with Crippen molar-refractivity contribution in [1.29, 1.82) is 5.26 Å². The van der Waals surface area contributed by atoms with Crippen LogP contribution in [0.4, 0.5) is 14.5 Å². The normalized spacial score (nSPS) is 9.78. The molecule has 0 radical (unpaired) electrons. The van der Waals surface area contributed by atoms with Crippen LogP contribution < -0.4 is 5.32 Å². The Labute approximate surface area is 130 Å². The van der Waals surface area contributed by atoms with E-state index < -0.39 is 30.1 Å². The fourth-order valence-corrected chi connectivity index (χ4v) is 1.76. The third kappa shape index (κ3) is 4.35. The van der Waals surface area contributed by atoms with Crippen LogP contribution in [0.5, 0.6) is 0 Å². The van der Waals surface area contributed by atoms with Gasteiger partial charge >= 0.3 is 5.97 Å². The molecule has 1 N–H and O–H groups in total. The lowest BCUT2D eigenvalue weighted by Crippen LogP contribution is -2.21. The summed E-state index contributed by atoms with van der Waals surface area (Å²) in [5, 5.41) is 11.3. The number of nitrogens with zero attached hydrogens (tertiary/aromatic N) is 1. The summed E-state index contributed by atoms with van der Waals surface area (Å²) in [5.41, 5.74) is 0.181. The first-order valence-corrected chi connectivity index (χ1v) is 6.42. The number of rotatable bonds is 4. The SMILES string of the molecule is N#Cc1ccccc1NC(=O)COC(=O)c1cc(F)cc(F)c1. The van der Waals surface area contributed by atoms with E-state index in [9.17, 15) is 18.4 Å². The van der Waals surface area contributed by atoms with Gasteiger partial charge in [-0.25, -0.2) is 13.6 Å². The molecular formula is C16H10F2N2O3. The molecule has 7 heteroatoms. The van der Waals surface area contributed by atoms with Gasteiger partial charge in [-0.15, -0.1) is 0 Å². The molecule has 2 rings (SSSR count). The smallest absolute Gasteiger partial charge is 0.338 e. The van der Waals surface area contributed by atoms with Crippen molar-refractivity contribution in [2.75, 3.05) is 11.9 Å². The number of benzene rings is 2. The van der Waals surface area contributed by atoms with Crippen molar-refractivity contribution < 1.29 is 23.1 Å². The van der Waals surface area contributed by atoms with Crippen LogP contribution in [0.2, 0.25) is 0 Å². The van der Waals surface area contributed by atoms with E-state index in [4.69, 9.17) is 5.26 Å². The zero-order valence-electron chi connectivity index (χ0n) is 11.7. The lowest BCUT2D eigenvalue weighted by atomic mass is 10.2. The number of nitriles is 1. The highest BCUT2D eigenvalue weighted by Gasteiger charge is 2.13. The summed E-state index contributed by atoms with van der Waals surface area (Å²) in [6.07, 6.45) is 0. The minimum absolute atomic E-state index is 0.249. The van der Waals surface area contributed by atoms with Crippen LogP contribution in [0.3, 0.4) is 0 Å². The Morgan fingerprint density at radius 1 is 1.13 bits per heavy atom. The fourth-order valence-electron chi connectivity index (χ4n) is 1.76. The van der Waals surface area contributed by atoms with E-state index in [1.165, 1.54) is 12.1 Å². The van der Waals surface area contributed by atoms with Crippen LogP contribution >= 0.6 is 0 Å². The molecule has 1 amide bonds. The third-order valence-electron chi connectivity index (χ3n) is 2.75. The molecule has 0 aliphatic carbocycles. The van der Waals surface area contributed by atoms with Crippen molar-refractivity contribution in [3.8, 4) is 6.07 Å². The van der Waals surface area contributed by atoms with Crippen LogP contribution in [0.1, 0.15) is 15.9 Å². The van der Waals surface area contributed by atoms with E-state index in [0.717, 1.165) is 12.1 Å². The maximum absolute atomic E-state index is 13.0. The van der Waals surface area contributed by atoms with Crippen molar-refractivity contribution >= 4 is 17.6 Å². The number of carbonyl (C=O) groups is 2. The van der Waals surface area contributed by atoms with Crippen LogP contribution in [0.25, 0.3) is 0 Å². The number of hydrogen-bond acceptors (Lipinski definition) is 4. The number of carbonyl (C=O) groups excluding carboxylic acids is 2. The van der Waals surface area contributed by atoms with Crippen LogP contribution in [0.15, 0.2) is 42.5 Å². The minimum atomic E-state index is -1.04. The van der Waals surface area contributed by atoms with Crippen molar-refractivity contribution in [1.82, 2.24) is 0 Å². The van der Waals surface area contributed by atoms with Gasteiger partial charge in [0.25, 0.3) is 5.91 Å². The minimum Gasteiger partial charge on any atom is -0.452 e. The average molecular weight is 316 g/mol. The van der Waals surface area contributed by atoms with Crippen LogP contribution in [-0.2, 0) is 9.53 Å². The maximum Gasteiger partial charge on any atom is 0.338 e. The Kier molecular flexibility index (Phi) is 5.00. The molecule has 0 aliphatic rings. The summed E-state index contributed by atoms with van der Waals surface area (Å²) < 4.78 is 30.7. The second kappa shape index (κ2) is 7.13. The predicted octanol–water partition coefficient (Wildman–Crippen LogP) is 2.63. The molecule has 0 aliphatic heterocycles. The highest BCUT2D eigenvalue weighted by Crippen LogP contribution is 2.13. The lowest BCUT2D eigenvalue weighted by Gasteiger charge is -2.08. The summed E-state index contributed by atoms with van der Waals surface area (Å²) in [6.45, 7) is -0.656. The summed E-state index contributed by atoms with van der Waals surface area (Å²) >= 11 is 0. The van der Waals surface area contributed by atoms with Crippen molar-refractivity contribution in [2.24, 2.45) is 0 Å². The number of hydrogen-bond donors (Lipinski definition) is 1. The molecule has 0 unspecified atom stereocenters.